The molecule has 0 unspecified atom stereocenters. The molecule has 0 aliphatic carbocycles. The minimum absolute atomic E-state index is 0.0331. The van der Waals surface area contributed by atoms with Crippen molar-refractivity contribution in [2.75, 3.05) is 11.4 Å². The summed E-state index contributed by atoms with van der Waals surface area (Å²) in [5, 5.41) is 0. The average molecular weight is 191 g/mol. The van der Waals surface area contributed by atoms with Gasteiger partial charge in [0.2, 0.25) is 6.41 Å². The van der Waals surface area contributed by atoms with Crippen molar-refractivity contribution in [1.82, 2.24) is 0 Å². The zero-order valence-electron chi connectivity index (χ0n) is 8.36. The Balaban J connectivity index is 2.92. The first-order valence-electron chi connectivity index (χ1n) is 4.52. The molecule has 1 aromatic carbocycles. The molecule has 0 saturated heterocycles. The summed E-state index contributed by atoms with van der Waals surface area (Å²) < 4.78 is 0. The maximum Gasteiger partial charge on any atom is 0.214 e. The number of anilines is 1. The fourth-order valence-corrected chi connectivity index (χ4v) is 1.21. The van der Waals surface area contributed by atoms with E-state index in [1.165, 1.54) is 6.92 Å². The Kier molecular flexibility index (Phi) is 3.40. The minimum atomic E-state index is 0.0331. The maximum absolute atomic E-state index is 11.0. The first-order chi connectivity index (χ1) is 6.69. The second-order valence-electron chi connectivity index (χ2n) is 2.99. The van der Waals surface area contributed by atoms with E-state index in [0.717, 1.165) is 12.1 Å². The lowest BCUT2D eigenvalue weighted by Crippen LogP contribution is -2.19. The van der Waals surface area contributed by atoms with E-state index < -0.39 is 0 Å². The molecular formula is C11H13NO2. The molecular weight excluding hydrogens is 178 g/mol. The standard InChI is InChI=1S/C11H13NO2/c1-3-12(8-13)11-6-4-10(5-7-11)9(2)14/h4-8H,3H2,1-2H3. The van der Waals surface area contributed by atoms with Crippen molar-refractivity contribution in [2.24, 2.45) is 0 Å². The van der Waals surface area contributed by atoms with Crippen LogP contribution in [0.1, 0.15) is 24.2 Å². The minimum Gasteiger partial charge on any atom is -0.315 e. The topological polar surface area (TPSA) is 37.4 Å². The third-order valence-electron chi connectivity index (χ3n) is 2.07. The highest BCUT2D eigenvalue weighted by molar-refractivity contribution is 5.94. The van der Waals surface area contributed by atoms with Crippen LogP contribution in [-0.4, -0.2) is 18.7 Å². The molecule has 1 aromatic rings. The van der Waals surface area contributed by atoms with Gasteiger partial charge in [0.05, 0.1) is 0 Å². The SMILES string of the molecule is CCN(C=O)c1ccc(C(C)=O)cc1. The van der Waals surface area contributed by atoms with Gasteiger partial charge < -0.3 is 4.90 Å². The zero-order chi connectivity index (χ0) is 10.6. The number of carbonyl (C=O) groups is 2. The third kappa shape index (κ3) is 2.19. The molecule has 14 heavy (non-hydrogen) atoms. The number of ketones is 1. The smallest absolute Gasteiger partial charge is 0.214 e. The highest BCUT2D eigenvalue weighted by atomic mass is 16.1. The summed E-state index contributed by atoms with van der Waals surface area (Å²) in [7, 11) is 0. The van der Waals surface area contributed by atoms with Gasteiger partial charge in [0.15, 0.2) is 5.78 Å². The number of nitrogens with zero attached hydrogens (tertiary/aromatic N) is 1. The highest BCUT2D eigenvalue weighted by Gasteiger charge is 2.03. The molecule has 3 nitrogen and oxygen atoms in total. The first-order valence-corrected chi connectivity index (χ1v) is 4.52. The lowest BCUT2D eigenvalue weighted by atomic mass is 10.1. The quantitative estimate of drug-likeness (QED) is 0.538. The van der Waals surface area contributed by atoms with Crippen molar-refractivity contribution in [3.63, 3.8) is 0 Å². The van der Waals surface area contributed by atoms with E-state index in [1.807, 2.05) is 6.92 Å². The van der Waals surface area contributed by atoms with E-state index in [2.05, 4.69) is 0 Å². The Morgan fingerprint density at radius 3 is 2.29 bits per heavy atom. The molecule has 0 spiro atoms. The van der Waals surface area contributed by atoms with E-state index in [1.54, 1.807) is 29.2 Å². The van der Waals surface area contributed by atoms with Crippen LogP contribution in [0.5, 0.6) is 0 Å². The monoisotopic (exact) mass is 191 g/mol. The number of rotatable bonds is 4. The first kappa shape index (κ1) is 10.4. The van der Waals surface area contributed by atoms with Gasteiger partial charge >= 0.3 is 0 Å². The molecule has 0 aliphatic rings. The Bertz CT molecular complexity index is 330. The van der Waals surface area contributed by atoms with Crippen molar-refractivity contribution in [2.45, 2.75) is 13.8 Å². The van der Waals surface area contributed by atoms with Gasteiger partial charge in [-0.05, 0) is 38.1 Å². The van der Waals surface area contributed by atoms with Crippen LogP contribution in [0.15, 0.2) is 24.3 Å². The second-order valence-corrected chi connectivity index (χ2v) is 2.99. The normalized spacial score (nSPS) is 9.57. The molecule has 0 heterocycles. The van der Waals surface area contributed by atoms with Gasteiger partial charge in [-0.3, -0.25) is 9.59 Å². The molecule has 0 atom stereocenters. The van der Waals surface area contributed by atoms with E-state index in [-0.39, 0.29) is 5.78 Å². The number of benzene rings is 1. The Hall–Kier alpha value is -1.64. The summed E-state index contributed by atoms with van der Waals surface area (Å²) in [6.45, 7) is 4.04. The van der Waals surface area contributed by atoms with Crippen molar-refractivity contribution in [3.8, 4) is 0 Å². The van der Waals surface area contributed by atoms with E-state index >= 15 is 0 Å². The molecule has 74 valence electrons. The summed E-state index contributed by atoms with van der Waals surface area (Å²) in [6, 6.07) is 7.00. The number of hydrogen-bond acceptors (Lipinski definition) is 2. The van der Waals surface area contributed by atoms with Gasteiger partial charge in [0.25, 0.3) is 0 Å². The van der Waals surface area contributed by atoms with Gasteiger partial charge in [0, 0.05) is 17.8 Å². The van der Waals surface area contributed by atoms with Crippen LogP contribution in [0.2, 0.25) is 0 Å². The lowest BCUT2D eigenvalue weighted by Gasteiger charge is -2.14. The van der Waals surface area contributed by atoms with Crippen LogP contribution in [-0.2, 0) is 4.79 Å². The van der Waals surface area contributed by atoms with E-state index in [4.69, 9.17) is 0 Å². The predicted molar refractivity (Wildman–Crippen MR) is 55.5 cm³/mol. The summed E-state index contributed by atoms with van der Waals surface area (Å²) in [5.41, 5.74) is 1.48. The fourth-order valence-electron chi connectivity index (χ4n) is 1.21. The molecule has 0 saturated carbocycles. The van der Waals surface area contributed by atoms with Crippen LogP contribution < -0.4 is 4.90 Å². The van der Waals surface area contributed by atoms with Crippen molar-refractivity contribution in [1.29, 1.82) is 0 Å². The number of carbonyl (C=O) groups excluding carboxylic acids is 2. The van der Waals surface area contributed by atoms with Gasteiger partial charge in [0.1, 0.15) is 0 Å². The largest absolute Gasteiger partial charge is 0.315 e. The molecule has 1 amide bonds. The van der Waals surface area contributed by atoms with Crippen LogP contribution >= 0.6 is 0 Å². The number of Topliss-reactive ketones (excluding diaryl/α,β-unsaturated/α-hetero) is 1. The molecule has 3 heteroatoms. The van der Waals surface area contributed by atoms with Gasteiger partial charge in [-0.1, -0.05) is 0 Å². The molecule has 0 N–H and O–H groups in total. The van der Waals surface area contributed by atoms with E-state index in [0.29, 0.717) is 12.1 Å². The fraction of sp³-hybridized carbons (Fsp3) is 0.273. The number of hydrogen-bond donors (Lipinski definition) is 0. The highest BCUT2D eigenvalue weighted by Crippen LogP contribution is 2.13. The predicted octanol–water partition coefficient (Wildman–Crippen LogP) is 1.87. The Labute approximate surface area is 83.3 Å². The molecule has 1 rings (SSSR count). The summed E-state index contributed by atoms with van der Waals surface area (Å²) in [6.07, 6.45) is 0.781. The number of amides is 1. The summed E-state index contributed by atoms with van der Waals surface area (Å²) in [4.78, 5) is 23.2. The summed E-state index contributed by atoms with van der Waals surface area (Å²) >= 11 is 0. The van der Waals surface area contributed by atoms with Crippen LogP contribution in [0.3, 0.4) is 0 Å². The van der Waals surface area contributed by atoms with Crippen molar-refractivity contribution >= 4 is 17.9 Å². The molecule has 0 aliphatic heterocycles. The van der Waals surface area contributed by atoms with Crippen molar-refractivity contribution < 1.29 is 9.59 Å². The third-order valence-corrected chi connectivity index (χ3v) is 2.07. The average Bonchev–Trinajstić information content (AvgIpc) is 2.20. The molecule has 0 radical (unpaired) electrons. The molecule has 0 bridgehead atoms. The zero-order valence-corrected chi connectivity index (χ0v) is 8.36. The van der Waals surface area contributed by atoms with Gasteiger partial charge in [-0.25, -0.2) is 0 Å². The van der Waals surface area contributed by atoms with Crippen molar-refractivity contribution in [3.05, 3.63) is 29.8 Å². The summed E-state index contributed by atoms with van der Waals surface area (Å²) in [5.74, 6) is 0.0331. The van der Waals surface area contributed by atoms with Crippen LogP contribution in [0, 0.1) is 0 Å². The van der Waals surface area contributed by atoms with Gasteiger partial charge in [-0.15, -0.1) is 0 Å². The Morgan fingerprint density at radius 2 is 1.93 bits per heavy atom. The second kappa shape index (κ2) is 4.56. The van der Waals surface area contributed by atoms with Crippen LogP contribution in [0.25, 0.3) is 0 Å². The maximum atomic E-state index is 11.0. The lowest BCUT2D eigenvalue weighted by molar-refractivity contribution is -0.107. The van der Waals surface area contributed by atoms with Gasteiger partial charge in [-0.2, -0.15) is 0 Å². The van der Waals surface area contributed by atoms with Crippen LogP contribution in [0.4, 0.5) is 5.69 Å². The molecule has 0 fully saturated rings. The van der Waals surface area contributed by atoms with E-state index in [9.17, 15) is 9.59 Å². The Morgan fingerprint density at radius 1 is 1.36 bits per heavy atom. The molecule has 0 aromatic heterocycles.